The average Bonchev–Trinajstić information content (AvgIpc) is 2.30. The fraction of sp³-hybridized carbons (Fsp3) is 0.500. The first-order valence-corrected chi connectivity index (χ1v) is 5.58. The molecule has 1 saturated heterocycles. The highest BCUT2D eigenvalue weighted by Gasteiger charge is 2.20. The van der Waals surface area contributed by atoms with E-state index in [4.69, 9.17) is 16.7 Å². The molecule has 1 aliphatic heterocycles. The largest absolute Gasteiger partial charge is 0.478 e. The maximum absolute atomic E-state index is 11.1. The molecular weight excluding hydrogens is 230 g/mol. The van der Waals surface area contributed by atoms with Crippen LogP contribution in [0, 0.1) is 0 Å². The molecule has 1 aliphatic rings. The van der Waals surface area contributed by atoms with Gasteiger partial charge in [0, 0.05) is 13.1 Å². The molecule has 2 rings (SSSR count). The molecule has 0 unspecified atom stereocenters. The number of aromatic nitrogens is 2. The number of carboxylic acid groups (broad SMARTS) is 1. The first-order valence-electron chi connectivity index (χ1n) is 5.20. The topological polar surface area (TPSA) is 66.3 Å². The van der Waals surface area contributed by atoms with Crippen LogP contribution in [0.3, 0.4) is 0 Å². The number of anilines is 1. The SMILES string of the molecule is O=C(O)c1cc(Cl)nnc1N1CCCCC1. The van der Waals surface area contributed by atoms with Crippen LogP contribution in [0.5, 0.6) is 0 Å². The Balaban J connectivity index is 2.34. The third-order valence-electron chi connectivity index (χ3n) is 2.63. The lowest BCUT2D eigenvalue weighted by Crippen LogP contribution is -2.32. The van der Waals surface area contributed by atoms with Gasteiger partial charge in [0.05, 0.1) is 0 Å². The Morgan fingerprint density at radius 1 is 1.31 bits per heavy atom. The second kappa shape index (κ2) is 4.65. The Morgan fingerprint density at radius 3 is 2.62 bits per heavy atom. The lowest BCUT2D eigenvalue weighted by atomic mass is 10.1. The van der Waals surface area contributed by atoms with E-state index in [9.17, 15) is 4.79 Å². The van der Waals surface area contributed by atoms with Crippen LogP contribution < -0.4 is 4.90 Å². The first-order chi connectivity index (χ1) is 7.68. The van der Waals surface area contributed by atoms with Gasteiger partial charge < -0.3 is 10.0 Å². The summed E-state index contributed by atoms with van der Waals surface area (Å²) in [7, 11) is 0. The van der Waals surface area contributed by atoms with E-state index in [2.05, 4.69) is 10.2 Å². The molecule has 86 valence electrons. The number of piperidine rings is 1. The van der Waals surface area contributed by atoms with Crippen molar-refractivity contribution in [1.82, 2.24) is 10.2 Å². The number of halogens is 1. The Kier molecular flexibility index (Phi) is 3.24. The van der Waals surface area contributed by atoms with Crippen LogP contribution in [0.1, 0.15) is 29.6 Å². The lowest BCUT2D eigenvalue weighted by molar-refractivity contribution is 0.0697. The summed E-state index contributed by atoms with van der Waals surface area (Å²) >= 11 is 5.64. The van der Waals surface area contributed by atoms with Gasteiger partial charge in [-0.25, -0.2) is 4.79 Å². The molecule has 2 heterocycles. The predicted octanol–water partition coefficient (Wildman–Crippen LogP) is 1.82. The van der Waals surface area contributed by atoms with Gasteiger partial charge in [-0.15, -0.1) is 10.2 Å². The van der Waals surface area contributed by atoms with Gasteiger partial charge in [0.2, 0.25) is 0 Å². The van der Waals surface area contributed by atoms with Crippen molar-refractivity contribution in [3.8, 4) is 0 Å². The molecule has 0 saturated carbocycles. The van der Waals surface area contributed by atoms with Gasteiger partial charge in [-0.2, -0.15) is 0 Å². The standard InChI is InChI=1S/C10H12ClN3O2/c11-8-6-7(10(15)16)9(13-12-8)14-4-2-1-3-5-14/h6H,1-5H2,(H,15,16). The zero-order valence-electron chi connectivity index (χ0n) is 8.69. The minimum absolute atomic E-state index is 0.109. The zero-order valence-corrected chi connectivity index (χ0v) is 9.44. The van der Waals surface area contributed by atoms with Crippen molar-refractivity contribution in [2.75, 3.05) is 18.0 Å². The third kappa shape index (κ3) is 2.24. The quantitative estimate of drug-likeness (QED) is 0.856. The van der Waals surface area contributed by atoms with E-state index in [1.807, 2.05) is 4.90 Å². The maximum Gasteiger partial charge on any atom is 0.339 e. The minimum Gasteiger partial charge on any atom is -0.478 e. The van der Waals surface area contributed by atoms with Crippen LogP contribution in [0.25, 0.3) is 0 Å². The monoisotopic (exact) mass is 241 g/mol. The van der Waals surface area contributed by atoms with E-state index in [0.29, 0.717) is 5.82 Å². The average molecular weight is 242 g/mol. The molecule has 0 aliphatic carbocycles. The van der Waals surface area contributed by atoms with Crippen LogP contribution in [0.4, 0.5) is 5.82 Å². The van der Waals surface area contributed by atoms with E-state index >= 15 is 0 Å². The Bertz CT molecular complexity index is 405. The van der Waals surface area contributed by atoms with Crippen LogP contribution in [-0.2, 0) is 0 Å². The molecule has 0 amide bonds. The van der Waals surface area contributed by atoms with Crippen molar-refractivity contribution in [1.29, 1.82) is 0 Å². The Labute approximate surface area is 98.0 Å². The number of carbonyl (C=O) groups is 1. The van der Waals surface area contributed by atoms with Crippen molar-refractivity contribution >= 4 is 23.4 Å². The highest BCUT2D eigenvalue weighted by molar-refractivity contribution is 6.29. The molecule has 1 aromatic rings. The predicted molar refractivity (Wildman–Crippen MR) is 60.1 cm³/mol. The van der Waals surface area contributed by atoms with Crippen LogP contribution in [0.2, 0.25) is 5.15 Å². The molecule has 6 heteroatoms. The molecule has 0 spiro atoms. The summed E-state index contributed by atoms with van der Waals surface area (Å²) in [6.07, 6.45) is 3.30. The minimum atomic E-state index is -1.02. The van der Waals surface area contributed by atoms with Crippen LogP contribution in [-0.4, -0.2) is 34.4 Å². The Morgan fingerprint density at radius 2 is 2.00 bits per heavy atom. The van der Waals surface area contributed by atoms with Gasteiger partial charge in [-0.3, -0.25) is 0 Å². The molecule has 1 aromatic heterocycles. The van der Waals surface area contributed by atoms with E-state index < -0.39 is 5.97 Å². The number of nitrogens with zero attached hydrogens (tertiary/aromatic N) is 3. The second-order valence-electron chi connectivity index (χ2n) is 3.76. The van der Waals surface area contributed by atoms with Crippen molar-refractivity contribution < 1.29 is 9.90 Å². The van der Waals surface area contributed by atoms with Crippen LogP contribution in [0.15, 0.2) is 6.07 Å². The molecule has 0 bridgehead atoms. The molecule has 0 radical (unpaired) electrons. The Hall–Kier alpha value is -1.36. The summed E-state index contributed by atoms with van der Waals surface area (Å²) < 4.78 is 0. The molecule has 1 fully saturated rings. The highest BCUT2D eigenvalue weighted by Crippen LogP contribution is 2.22. The molecule has 0 aromatic carbocycles. The van der Waals surface area contributed by atoms with E-state index in [1.165, 1.54) is 12.5 Å². The van der Waals surface area contributed by atoms with E-state index in [0.717, 1.165) is 25.9 Å². The molecule has 0 atom stereocenters. The smallest absolute Gasteiger partial charge is 0.339 e. The van der Waals surface area contributed by atoms with Crippen LogP contribution >= 0.6 is 11.6 Å². The van der Waals surface area contributed by atoms with Crippen molar-refractivity contribution in [3.63, 3.8) is 0 Å². The number of rotatable bonds is 2. The molecule has 16 heavy (non-hydrogen) atoms. The fourth-order valence-electron chi connectivity index (χ4n) is 1.86. The van der Waals surface area contributed by atoms with Gasteiger partial charge in [0.15, 0.2) is 11.0 Å². The summed E-state index contributed by atoms with van der Waals surface area (Å²) in [6, 6.07) is 1.35. The molecule has 1 N–H and O–H groups in total. The number of aromatic carboxylic acids is 1. The first kappa shape index (κ1) is 11.1. The normalized spacial score (nSPS) is 16.2. The maximum atomic E-state index is 11.1. The van der Waals surface area contributed by atoms with Gasteiger partial charge in [-0.1, -0.05) is 11.6 Å². The number of hydrogen-bond acceptors (Lipinski definition) is 4. The van der Waals surface area contributed by atoms with Gasteiger partial charge in [-0.05, 0) is 25.3 Å². The number of carboxylic acids is 1. The van der Waals surface area contributed by atoms with Crippen molar-refractivity contribution in [2.45, 2.75) is 19.3 Å². The van der Waals surface area contributed by atoms with Gasteiger partial charge in [0.25, 0.3) is 0 Å². The summed E-state index contributed by atoms with van der Waals surface area (Å²) in [5.74, 6) is -0.589. The summed E-state index contributed by atoms with van der Waals surface area (Å²) in [6.45, 7) is 1.66. The van der Waals surface area contributed by atoms with Crippen molar-refractivity contribution in [3.05, 3.63) is 16.8 Å². The summed E-state index contributed by atoms with van der Waals surface area (Å²) in [5, 5.41) is 16.8. The summed E-state index contributed by atoms with van der Waals surface area (Å²) in [5.41, 5.74) is 0.127. The third-order valence-corrected chi connectivity index (χ3v) is 2.82. The van der Waals surface area contributed by atoms with E-state index in [1.54, 1.807) is 0 Å². The second-order valence-corrected chi connectivity index (χ2v) is 4.14. The van der Waals surface area contributed by atoms with E-state index in [-0.39, 0.29) is 10.7 Å². The fourth-order valence-corrected chi connectivity index (χ4v) is 2.01. The van der Waals surface area contributed by atoms with Gasteiger partial charge >= 0.3 is 5.97 Å². The van der Waals surface area contributed by atoms with Gasteiger partial charge in [0.1, 0.15) is 5.56 Å². The number of hydrogen-bond donors (Lipinski definition) is 1. The zero-order chi connectivity index (χ0) is 11.5. The highest BCUT2D eigenvalue weighted by atomic mass is 35.5. The van der Waals surface area contributed by atoms with Crippen molar-refractivity contribution in [2.24, 2.45) is 0 Å². The summed E-state index contributed by atoms with van der Waals surface area (Å²) in [4.78, 5) is 13.0. The molecular formula is C10H12ClN3O2. The molecule has 5 nitrogen and oxygen atoms in total. The lowest BCUT2D eigenvalue weighted by Gasteiger charge is -2.28.